The second-order valence-electron chi connectivity index (χ2n) is 9.42. The summed E-state index contributed by atoms with van der Waals surface area (Å²) < 4.78 is 51.5. The van der Waals surface area contributed by atoms with E-state index < -0.39 is 18.3 Å². The third-order valence-electron chi connectivity index (χ3n) is 7.11. The third kappa shape index (κ3) is 4.33. The molecule has 0 unspecified atom stereocenters. The maximum absolute atomic E-state index is 15.3. The number of phenolic OH excluding ortho intramolecular Hbond substituents is 1. The van der Waals surface area contributed by atoms with E-state index in [2.05, 4.69) is 30.4 Å². The Morgan fingerprint density at radius 1 is 1.14 bits per heavy atom. The molecule has 4 atom stereocenters. The summed E-state index contributed by atoms with van der Waals surface area (Å²) in [4.78, 5) is 10.1. The summed E-state index contributed by atoms with van der Waals surface area (Å²) >= 11 is 0.479. The van der Waals surface area contributed by atoms with Crippen molar-refractivity contribution < 1.29 is 18.0 Å². The van der Waals surface area contributed by atoms with E-state index in [4.69, 9.17) is 4.11 Å². The Kier molecular flexibility index (Phi) is 4.97. The van der Waals surface area contributed by atoms with E-state index >= 15 is 4.39 Å². The topological polar surface area (TPSA) is 87.1 Å². The SMILES string of the molecule is [2H]C([2H])([2H])Sc1cc(-c2ccc(-c3ncc(N(C4CC4)[C@@H]4C[C@@H]5CC[C@H](N5)[C@@H]4F)nn3)c(O)c2)cc(F)n1. The van der Waals surface area contributed by atoms with Gasteiger partial charge in [0.05, 0.1) is 22.8 Å². The highest BCUT2D eigenvalue weighted by Gasteiger charge is 2.48. The van der Waals surface area contributed by atoms with Crippen LogP contribution < -0.4 is 10.2 Å². The van der Waals surface area contributed by atoms with E-state index in [0.29, 0.717) is 40.3 Å². The fraction of sp³-hybridized carbons (Fsp3) is 0.440. The molecule has 2 aromatic heterocycles. The highest BCUT2D eigenvalue weighted by molar-refractivity contribution is 7.98. The van der Waals surface area contributed by atoms with Gasteiger partial charge in [-0.25, -0.2) is 14.4 Å². The van der Waals surface area contributed by atoms with Crippen molar-refractivity contribution in [3.63, 3.8) is 0 Å². The van der Waals surface area contributed by atoms with Crippen molar-refractivity contribution in [3.8, 4) is 28.3 Å². The predicted molar refractivity (Wildman–Crippen MR) is 131 cm³/mol. The van der Waals surface area contributed by atoms with Crippen LogP contribution in [0, 0.1) is 5.95 Å². The van der Waals surface area contributed by atoms with Crippen LogP contribution in [-0.2, 0) is 0 Å². The third-order valence-corrected chi connectivity index (χ3v) is 7.53. The second-order valence-corrected chi connectivity index (χ2v) is 10.0. The number of halogens is 2. The zero-order valence-electron chi connectivity index (χ0n) is 21.7. The summed E-state index contributed by atoms with van der Waals surface area (Å²) in [5, 5.41) is 22.7. The van der Waals surface area contributed by atoms with Crippen LogP contribution >= 0.6 is 11.8 Å². The first-order valence-electron chi connectivity index (χ1n) is 13.2. The molecule has 0 radical (unpaired) electrons. The molecule has 1 aliphatic carbocycles. The highest BCUT2D eigenvalue weighted by atomic mass is 32.2. The number of fused-ring (bicyclic) bond motifs is 2. The second kappa shape index (κ2) is 8.98. The van der Waals surface area contributed by atoms with Crippen molar-refractivity contribution in [1.29, 1.82) is 0 Å². The van der Waals surface area contributed by atoms with Gasteiger partial charge < -0.3 is 15.3 Å². The number of alkyl halides is 1. The molecule has 1 aromatic carbocycles. The Morgan fingerprint density at radius 2 is 2.03 bits per heavy atom. The molecular formula is C25H26F2N6OS. The van der Waals surface area contributed by atoms with Gasteiger partial charge in [-0.1, -0.05) is 6.07 Å². The van der Waals surface area contributed by atoms with Crippen molar-refractivity contribution in [2.45, 2.75) is 67.5 Å². The van der Waals surface area contributed by atoms with Crippen LogP contribution in [0.3, 0.4) is 0 Å². The molecule has 0 spiro atoms. The molecule has 2 bridgehead atoms. The first kappa shape index (κ1) is 19.4. The number of aromatic nitrogens is 4. The molecule has 2 saturated heterocycles. The number of hydrogen-bond donors (Lipinski definition) is 2. The number of rotatable bonds is 6. The van der Waals surface area contributed by atoms with Crippen molar-refractivity contribution in [1.82, 2.24) is 25.5 Å². The predicted octanol–water partition coefficient (Wildman–Crippen LogP) is 4.37. The van der Waals surface area contributed by atoms with Crippen molar-refractivity contribution in [2.75, 3.05) is 11.1 Å². The Balaban J connectivity index is 1.24. The lowest BCUT2D eigenvalue weighted by Gasteiger charge is -2.40. The smallest absolute Gasteiger partial charge is 0.214 e. The minimum atomic E-state index is -2.37. The number of benzene rings is 1. The molecule has 1 saturated carbocycles. The van der Waals surface area contributed by atoms with Gasteiger partial charge in [-0.05, 0) is 67.6 Å². The average Bonchev–Trinajstić information content (AvgIpc) is 3.61. The monoisotopic (exact) mass is 499 g/mol. The summed E-state index contributed by atoms with van der Waals surface area (Å²) in [5.74, 6) is -0.223. The summed E-state index contributed by atoms with van der Waals surface area (Å²) in [5.41, 5.74) is 1.18. The van der Waals surface area contributed by atoms with Crippen LogP contribution in [0.5, 0.6) is 5.75 Å². The van der Waals surface area contributed by atoms with Gasteiger partial charge in [0.25, 0.3) is 0 Å². The Bertz CT molecular complexity index is 1340. The maximum atomic E-state index is 15.3. The number of thioether (sulfide) groups is 1. The number of anilines is 1. The molecule has 3 fully saturated rings. The summed E-state index contributed by atoms with van der Waals surface area (Å²) in [6.07, 6.45) is 2.77. The lowest BCUT2D eigenvalue weighted by molar-refractivity contribution is 0.171. The van der Waals surface area contributed by atoms with E-state index in [0.717, 1.165) is 32.1 Å². The summed E-state index contributed by atoms with van der Waals surface area (Å²) in [7, 11) is 0. The van der Waals surface area contributed by atoms with Gasteiger partial charge in [0.15, 0.2) is 11.6 Å². The first-order valence-corrected chi connectivity index (χ1v) is 12.5. The summed E-state index contributed by atoms with van der Waals surface area (Å²) in [6.45, 7) is 0. The molecule has 3 aromatic rings. The number of pyridine rings is 1. The van der Waals surface area contributed by atoms with Crippen LogP contribution in [0.2, 0.25) is 0 Å². The number of aromatic hydroxyl groups is 1. The minimum Gasteiger partial charge on any atom is -0.507 e. The zero-order chi connectivity index (χ0) is 26.6. The molecule has 3 aliphatic rings. The number of hydrogen-bond acceptors (Lipinski definition) is 8. The standard InChI is InChI=1S/C25H26F2N6OS/c1-35-23-10-14(9-21(26)30-23)13-2-6-17(20(34)8-13)25-28-12-22(31-32-25)33(16-4-5-16)19-11-15-3-7-18(29-15)24(19)27/h2,6,8-10,12,15-16,18-19,24,29,34H,3-5,7,11H2,1H3/t15-,18-,19+,24-/m0/s1/i1D3. The van der Waals surface area contributed by atoms with Gasteiger partial charge in [0.1, 0.15) is 11.9 Å². The average molecular weight is 500 g/mol. The largest absolute Gasteiger partial charge is 0.507 e. The minimum absolute atomic E-state index is 0.0178. The summed E-state index contributed by atoms with van der Waals surface area (Å²) in [6, 6.07) is 7.49. The van der Waals surface area contributed by atoms with E-state index in [1.165, 1.54) is 18.2 Å². The lowest BCUT2D eigenvalue weighted by Crippen LogP contribution is -2.57. The van der Waals surface area contributed by atoms with Crippen molar-refractivity contribution >= 4 is 17.6 Å². The molecular weight excluding hydrogens is 470 g/mol. The van der Waals surface area contributed by atoms with Gasteiger partial charge in [-0.15, -0.1) is 22.0 Å². The van der Waals surface area contributed by atoms with Crippen LogP contribution in [0.4, 0.5) is 14.6 Å². The number of piperidine rings is 1. The number of nitrogens with one attached hydrogen (secondary N) is 1. The molecule has 2 aliphatic heterocycles. The van der Waals surface area contributed by atoms with Crippen molar-refractivity contribution in [2.24, 2.45) is 0 Å². The van der Waals surface area contributed by atoms with Crippen LogP contribution in [0.25, 0.3) is 22.5 Å². The Labute approximate surface area is 210 Å². The van der Waals surface area contributed by atoms with Crippen LogP contribution in [0.1, 0.15) is 36.2 Å². The van der Waals surface area contributed by atoms with Gasteiger partial charge in [-0.2, -0.15) is 4.39 Å². The lowest BCUT2D eigenvalue weighted by atomic mass is 9.96. The van der Waals surface area contributed by atoms with E-state index in [-0.39, 0.29) is 34.7 Å². The van der Waals surface area contributed by atoms with Gasteiger partial charge in [0, 0.05) is 28.3 Å². The molecule has 6 rings (SSSR count). The van der Waals surface area contributed by atoms with Gasteiger partial charge >= 0.3 is 0 Å². The highest BCUT2D eigenvalue weighted by Crippen LogP contribution is 2.40. The first-order chi connectivity index (χ1) is 18.1. The van der Waals surface area contributed by atoms with Crippen molar-refractivity contribution in [3.05, 3.63) is 42.5 Å². The van der Waals surface area contributed by atoms with E-state index in [1.54, 1.807) is 18.3 Å². The molecule has 4 heterocycles. The number of nitrogens with zero attached hydrogens (tertiary/aromatic N) is 5. The quantitative estimate of drug-likeness (QED) is 0.382. The number of phenols is 1. The molecule has 10 heteroatoms. The fourth-order valence-electron chi connectivity index (χ4n) is 5.33. The van der Waals surface area contributed by atoms with E-state index in [9.17, 15) is 9.50 Å². The zero-order valence-corrected chi connectivity index (χ0v) is 19.6. The van der Waals surface area contributed by atoms with Gasteiger partial charge in [-0.3, -0.25) is 0 Å². The fourth-order valence-corrected chi connectivity index (χ4v) is 5.65. The van der Waals surface area contributed by atoms with Crippen LogP contribution in [-0.4, -0.2) is 61.8 Å². The van der Waals surface area contributed by atoms with E-state index in [1.807, 2.05) is 0 Å². The Hall–Kier alpha value is -2.85. The molecule has 35 heavy (non-hydrogen) atoms. The molecule has 7 nitrogen and oxygen atoms in total. The Morgan fingerprint density at radius 3 is 2.77 bits per heavy atom. The van der Waals surface area contributed by atoms with Crippen LogP contribution in [0.15, 0.2) is 41.6 Å². The maximum Gasteiger partial charge on any atom is 0.214 e. The molecule has 0 amide bonds. The van der Waals surface area contributed by atoms with Gasteiger partial charge in [0.2, 0.25) is 5.95 Å². The molecule has 182 valence electrons. The molecule has 2 N–H and O–H groups in total. The normalized spacial score (nSPS) is 27.2.